The molecule has 0 aromatic rings. The van der Waals surface area contributed by atoms with Gasteiger partial charge in [0, 0.05) is 0 Å². The summed E-state index contributed by atoms with van der Waals surface area (Å²) in [4.78, 5) is 0. The standard InChI is InChI=1S/C10H22Ge2/c1-7-9(11(3)4)10(8-2)12(5)6/h7-8H2,1-6H3/b10-9+. The maximum absolute atomic E-state index is 2.50. The quantitative estimate of drug-likeness (QED) is 0.692. The Kier molecular flexibility index (Phi) is 6.74. The van der Waals surface area contributed by atoms with Gasteiger partial charge in [0.1, 0.15) is 0 Å². The molecule has 0 unspecified atom stereocenters. The van der Waals surface area contributed by atoms with Crippen molar-refractivity contribution in [2.45, 2.75) is 49.7 Å². The van der Waals surface area contributed by atoms with Crippen LogP contribution in [0.2, 0.25) is 23.0 Å². The van der Waals surface area contributed by atoms with Crippen LogP contribution in [0.4, 0.5) is 0 Å². The zero-order valence-corrected chi connectivity index (χ0v) is 13.6. The van der Waals surface area contributed by atoms with Crippen molar-refractivity contribution < 1.29 is 0 Å². The topological polar surface area (TPSA) is 0 Å². The van der Waals surface area contributed by atoms with Gasteiger partial charge in [-0.1, -0.05) is 0 Å². The molecule has 70 valence electrons. The van der Waals surface area contributed by atoms with Gasteiger partial charge >= 0.3 is 87.2 Å². The molecule has 0 aliphatic carbocycles. The second kappa shape index (κ2) is 6.31. The van der Waals surface area contributed by atoms with Crippen LogP contribution in [-0.2, 0) is 0 Å². The fourth-order valence-electron chi connectivity index (χ4n) is 1.74. The molecular weight excluding hydrogens is 265 g/mol. The van der Waals surface area contributed by atoms with E-state index in [2.05, 4.69) is 36.9 Å². The molecule has 0 atom stereocenters. The third-order valence-electron chi connectivity index (χ3n) is 2.28. The van der Waals surface area contributed by atoms with Crippen molar-refractivity contribution in [3.8, 4) is 0 Å². The SMILES string of the molecule is CC/[C](=[C](/CC)[Ge]([CH3])[CH3])[Ge]([CH3])[CH3]. The molecule has 0 N–H and O–H groups in total. The van der Waals surface area contributed by atoms with Crippen LogP contribution in [0.15, 0.2) is 8.81 Å². The van der Waals surface area contributed by atoms with Gasteiger partial charge in [0.25, 0.3) is 0 Å². The van der Waals surface area contributed by atoms with Gasteiger partial charge in [0.2, 0.25) is 0 Å². The van der Waals surface area contributed by atoms with E-state index in [1.54, 1.807) is 0 Å². The van der Waals surface area contributed by atoms with Crippen molar-refractivity contribution in [2.75, 3.05) is 0 Å². The molecule has 0 amide bonds. The fourth-order valence-corrected chi connectivity index (χ4v) is 13.4. The van der Waals surface area contributed by atoms with Gasteiger partial charge < -0.3 is 0 Å². The molecule has 0 rings (SSSR count). The fraction of sp³-hybridized carbons (Fsp3) is 0.800. The second-order valence-corrected chi connectivity index (χ2v) is 14.6. The summed E-state index contributed by atoms with van der Waals surface area (Å²) in [5.41, 5.74) is 0. The molecule has 0 saturated carbocycles. The van der Waals surface area contributed by atoms with E-state index in [-0.39, 0.29) is 0 Å². The number of allylic oxidation sites excluding steroid dienone is 2. The van der Waals surface area contributed by atoms with Crippen molar-refractivity contribution in [1.29, 1.82) is 0 Å². The molecule has 0 spiro atoms. The Morgan fingerprint density at radius 1 is 0.750 bits per heavy atom. The van der Waals surface area contributed by atoms with Crippen LogP contribution in [-0.4, -0.2) is 28.7 Å². The number of hydrogen-bond donors (Lipinski definition) is 0. The van der Waals surface area contributed by atoms with Crippen molar-refractivity contribution in [3.63, 3.8) is 0 Å². The Balaban J connectivity index is 4.74. The first kappa shape index (κ1) is 12.8. The van der Waals surface area contributed by atoms with Gasteiger partial charge in [-0.3, -0.25) is 0 Å². The van der Waals surface area contributed by atoms with Crippen LogP contribution in [0.1, 0.15) is 26.7 Å². The molecule has 0 heterocycles. The number of rotatable bonds is 4. The van der Waals surface area contributed by atoms with E-state index >= 15 is 0 Å². The minimum absolute atomic E-state index is 0.749. The third-order valence-corrected chi connectivity index (χ3v) is 11.2. The van der Waals surface area contributed by atoms with Gasteiger partial charge in [-0.15, -0.1) is 0 Å². The monoisotopic (exact) mass is 290 g/mol. The van der Waals surface area contributed by atoms with Gasteiger partial charge in [-0.2, -0.15) is 0 Å². The van der Waals surface area contributed by atoms with Crippen LogP contribution in [0.25, 0.3) is 0 Å². The number of hydrogen-bond acceptors (Lipinski definition) is 0. The van der Waals surface area contributed by atoms with E-state index in [9.17, 15) is 0 Å². The molecule has 0 aromatic heterocycles. The van der Waals surface area contributed by atoms with Crippen LogP contribution >= 0.6 is 0 Å². The van der Waals surface area contributed by atoms with Crippen molar-refractivity contribution in [2.24, 2.45) is 0 Å². The first-order valence-corrected chi connectivity index (χ1v) is 15.4. The van der Waals surface area contributed by atoms with Crippen molar-refractivity contribution in [3.05, 3.63) is 8.81 Å². The summed E-state index contributed by atoms with van der Waals surface area (Å²) in [5, 5.41) is 0. The summed E-state index contributed by atoms with van der Waals surface area (Å²) < 4.78 is 3.83. The van der Waals surface area contributed by atoms with E-state index in [1.165, 1.54) is 12.8 Å². The van der Waals surface area contributed by atoms with Gasteiger partial charge in [0.05, 0.1) is 0 Å². The van der Waals surface area contributed by atoms with E-state index < -0.39 is 28.7 Å². The molecule has 0 saturated heterocycles. The summed E-state index contributed by atoms with van der Waals surface area (Å²) in [5.74, 6) is 9.98. The Bertz CT molecular complexity index is 139. The van der Waals surface area contributed by atoms with Crippen molar-refractivity contribution in [1.82, 2.24) is 0 Å². The minimum atomic E-state index is -0.749. The second-order valence-electron chi connectivity index (χ2n) is 3.66. The summed E-state index contributed by atoms with van der Waals surface area (Å²) in [6.45, 7) is 4.68. The first-order valence-electron chi connectivity index (χ1n) is 4.87. The van der Waals surface area contributed by atoms with Crippen molar-refractivity contribution >= 4 is 28.7 Å². The molecule has 0 bridgehead atoms. The van der Waals surface area contributed by atoms with Crippen LogP contribution in [0.3, 0.4) is 0 Å². The molecule has 0 fully saturated rings. The van der Waals surface area contributed by atoms with Gasteiger partial charge in [0.15, 0.2) is 0 Å². The molecule has 0 aliphatic heterocycles. The Morgan fingerprint density at radius 2 is 1.00 bits per heavy atom. The normalized spacial score (nSPS) is 14.0. The zero-order valence-electron chi connectivity index (χ0n) is 9.41. The van der Waals surface area contributed by atoms with E-state index in [1.807, 2.05) is 8.81 Å². The maximum atomic E-state index is 2.50. The van der Waals surface area contributed by atoms with E-state index in [0.29, 0.717) is 0 Å². The van der Waals surface area contributed by atoms with Crippen LogP contribution in [0, 0.1) is 0 Å². The first-order chi connectivity index (χ1) is 5.54. The average molecular weight is 288 g/mol. The molecule has 2 heteroatoms. The van der Waals surface area contributed by atoms with Crippen LogP contribution in [0.5, 0.6) is 0 Å². The molecule has 0 nitrogen and oxygen atoms in total. The third kappa shape index (κ3) is 3.69. The summed E-state index contributed by atoms with van der Waals surface area (Å²) in [7, 11) is 0. The Labute approximate surface area is 87.0 Å². The average Bonchev–Trinajstić information content (AvgIpc) is 1.98. The predicted molar refractivity (Wildman–Crippen MR) is 62.6 cm³/mol. The molecule has 0 aliphatic rings. The predicted octanol–water partition coefficient (Wildman–Crippen LogP) is 3.69. The van der Waals surface area contributed by atoms with Crippen LogP contribution < -0.4 is 0 Å². The van der Waals surface area contributed by atoms with E-state index in [4.69, 9.17) is 0 Å². The molecule has 2 radical (unpaired) electrons. The molecule has 12 heavy (non-hydrogen) atoms. The summed E-state index contributed by atoms with van der Waals surface area (Å²) >= 11 is -1.50. The molecular formula is C10H22Ge2. The van der Waals surface area contributed by atoms with Gasteiger partial charge in [-0.05, 0) is 0 Å². The Hall–Kier alpha value is 0.826. The van der Waals surface area contributed by atoms with E-state index in [0.717, 1.165) is 0 Å². The summed E-state index contributed by atoms with van der Waals surface area (Å²) in [6, 6.07) is 0. The zero-order chi connectivity index (χ0) is 9.72. The summed E-state index contributed by atoms with van der Waals surface area (Å²) in [6.07, 6.45) is 2.67. The Morgan fingerprint density at radius 3 is 1.08 bits per heavy atom. The molecule has 0 aromatic carbocycles. The van der Waals surface area contributed by atoms with Gasteiger partial charge in [-0.25, -0.2) is 0 Å².